The van der Waals surface area contributed by atoms with Gasteiger partial charge in [-0.2, -0.15) is 0 Å². The van der Waals surface area contributed by atoms with Crippen LogP contribution in [0.1, 0.15) is 25.7 Å². The van der Waals surface area contributed by atoms with Crippen LogP contribution in [-0.4, -0.2) is 44.9 Å². The molecule has 26 heavy (non-hydrogen) atoms. The monoisotopic (exact) mass is 355 g/mol. The number of carbonyl (C=O) groups is 1. The molecule has 2 heterocycles. The minimum Gasteiger partial charge on any atom is -0.338 e. The molecule has 9 nitrogen and oxygen atoms in total. The Kier molecular flexibility index (Phi) is 6.05. The van der Waals surface area contributed by atoms with Crippen LogP contribution in [0.5, 0.6) is 0 Å². The Morgan fingerprint density at radius 1 is 1.27 bits per heavy atom. The largest absolute Gasteiger partial charge is 0.338 e. The molecule has 136 valence electrons. The predicted octanol–water partition coefficient (Wildman–Crippen LogP) is 1.93. The molecule has 0 saturated heterocycles. The Morgan fingerprint density at radius 2 is 2.08 bits per heavy atom. The molecule has 9 heteroatoms. The van der Waals surface area contributed by atoms with Gasteiger partial charge in [-0.05, 0) is 43.2 Å². The lowest BCUT2D eigenvalue weighted by Gasteiger charge is -2.28. The molecular formula is C17H21N7O2. The number of hydrogen-bond acceptors (Lipinski definition) is 6. The van der Waals surface area contributed by atoms with E-state index in [1.165, 1.54) is 0 Å². The first kappa shape index (κ1) is 17.8. The van der Waals surface area contributed by atoms with Gasteiger partial charge in [0.05, 0.1) is 18.4 Å². The average Bonchev–Trinajstić information content (AvgIpc) is 3.20. The maximum atomic E-state index is 12.1. The van der Waals surface area contributed by atoms with Crippen molar-refractivity contribution in [2.45, 2.75) is 25.7 Å². The van der Waals surface area contributed by atoms with Gasteiger partial charge in [-0.1, -0.05) is 6.42 Å². The fourth-order valence-corrected chi connectivity index (χ4v) is 3.26. The van der Waals surface area contributed by atoms with Gasteiger partial charge in [0.1, 0.15) is 18.5 Å². The lowest BCUT2D eigenvalue weighted by atomic mass is 9.81. The molecule has 0 radical (unpaired) electrons. The van der Waals surface area contributed by atoms with Crippen molar-refractivity contribution in [2.75, 3.05) is 18.4 Å². The third kappa shape index (κ3) is 4.97. The van der Waals surface area contributed by atoms with E-state index >= 15 is 0 Å². The molecule has 2 aromatic heterocycles. The molecule has 2 amide bonds. The predicted molar refractivity (Wildman–Crippen MR) is 94.6 cm³/mol. The van der Waals surface area contributed by atoms with Crippen molar-refractivity contribution >= 4 is 17.8 Å². The van der Waals surface area contributed by atoms with E-state index in [0.717, 1.165) is 25.7 Å². The lowest BCUT2D eigenvalue weighted by Crippen LogP contribution is -2.35. The number of nitrogens with one attached hydrogen (secondary N) is 2. The number of aliphatic imine (C=N–C) groups is 1. The van der Waals surface area contributed by atoms with E-state index in [1.54, 1.807) is 41.6 Å². The molecule has 1 saturated carbocycles. The average molecular weight is 355 g/mol. The summed E-state index contributed by atoms with van der Waals surface area (Å²) in [6, 6.07) is 3.30. The van der Waals surface area contributed by atoms with Crippen LogP contribution < -0.4 is 10.6 Å². The van der Waals surface area contributed by atoms with E-state index in [0.29, 0.717) is 36.4 Å². The van der Waals surface area contributed by atoms with Crippen LogP contribution in [0, 0.1) is 11.8 Å². The molecule has 2 unspecified atom stereocenters. The minimum absolute atomic E-state index is 0.253. The van der Waals surface area contributed by atoms with Crippen molar-refractivity contribution < 1.29 is 9.59 Å². The first-order chi connectivity index (χ1) is 12.7. The second-order valence-corrected chi connectivity index (χ2v) is 6.44. The summed E-state index contributed by atoms with van der Waals surface area (Å²) >= 11 is 0. The molecular weight excluding hydrogens is 334 g/mol. The second kappa shape index (κ2) is 8.87. The first-order valence-corrected chi connectivity index (χ1v) is 8.64. The molecule has 0 aromatic carbocycles. The van der Waals surface area contributed by atoms with Gasteiger partial charge in [-0.3, -0.25) is 4.57 Å². The van der Waals surface area contributed by atoms with Crippen molar-refractivity contribution in [1.82, 2.24) is 25.1 Å². The van der Waals surface area contributed by atoms with Gasteiger partial charge in [-0.25, -0.2) is 19.6 Å². The van der Waals surface area contributed by atoms with Crippen LogP contribution >= 0.6 is 0 Å². The molecule has 1 aliphatic carbocycles. The smallest absolute Gasteiger partial charge is 0.319 e. The number of pyridine rings is 1. The van der Waals surface area contributed by atoms with Crippen LogP contribution in [0.2, 0.25) is 0 Å². The molecule has 1 fully saturated rings. The lowest BCUT2D eigenvalue weighted by molar-refractivity contribution is 0.239. The number of urea groups is 1. The van der Waals surface area contributed by atoms with Crippen LogP contribution in [-0.2, 0) is 4.79 Å². The van der Waals surface area contributed by atoms with Crippen molar-refractivity contribution in [3.8, 4) is 5.82 Å². The van der Waals surface area contributed by atoms with Crippen LogP contribution in [0.25, 0.3) is 5.82 Å². The highest BCUT2D eigenvalue weighted by Gasteiger charge is 2.22. The third-order valence-electron chi connectivity index (χ3n) is 4.55. The third-order valence-corrected chi connectivity index (χ3v) is 4.55. The van der Waals surface area contributed by atoms with Gasteiger partial charge in [0.15, 0.2) is 0 Å². The summed E-state index contributed by atoms with van der Waals surface area (Å²) in [5, 5.41) is 13.1. The van der Waals surface area contributed by atoms with Crippen LogP contribution in [0.15, 0.2) is 36.0 Å². The zero-order valence-corrected chi connectivity index (χ0v) is 14.3. The highest BCUT2D eigenvalue weighted by atomic mass is 16.2. The number of amides is 2. The van der Waals surface area contributed by atoms with Gasteiger partial charge >= 0.3 is 6.03 Å². The van der Waals surface area contributed by atoms with Crippen molar-refractivity contribution in [2.24, 2.45) is 16.8 Å². The van der Waals surface area contributed by atoms with Crippen molar-refractivity contribution in [1.29, 1.82) is 0 Å². The number of isocyanates is 1. The summed E-state index contributed by atoms with van der Waals surface area (Å²) in [4.78, 5) is 30.3. The summed E-state index contributed by atoms with van der Waals surface area (Å²) in [6.07, 6.45) is 10.5. The van der Waals surface area contributed by atoms with Crippen molar-refractivity contribution in [3.05, 3.63) is 31.0 Å². The number of anilines is 1. The fraction of sp³-hybridized carbons (Fsp3) is 0.471. The molecule has 0 spiro atoms. The summed E-state index contributed by atoms with van der Waals surface area (Å²) in [7, 11) is 0. The van der Waals surface area contributed by atoms with E-state index in [1.807, 2.05) is 0 Å². The van der Waals surface area contributed by atoms with E-state index in [2.05, 4.69) is 30.8 Å². The van der Waals surface area contributed by atoms with Crippen LogP contribution in [0.4, 0.5) is 10.5 Å². The number of nitrogens with zero attached hydrogens (tertiary/aromatic N) is 5. The summed E-state index contributed by atoms with van der Waals surface area (Å²) in [6.45, 7) is 1.15. The zero-order valence-electron chi connectivity index (χ0n) is 14.3. The molecule has 2 atom stereocenters. The van der Waals surface area contributed by atoms with Crippen LogP contribution in [0.3, 0.4) is 0 Å². The molecule has 1 aliphatic rings. The zero-order chi connectivity index (χ0) is 18.2. The number of hydrogen-bond donors (Lipinski definition) is 2. The first-order valence-electron chi connectivity index (χ1n) is 8.64. The number of aromatic nitrogens is 4. The Morgan fingerprint density at radius 3 is 2.81 bits per heavy atom. The maximum Gasteiger partial charge on any atom is 0.319 e. The normalized spacial score (nSPS) is 19.4. The fourth-order valence-electron chi connectivity index (χ4n) is 3.26. The topological polar surface area (TPSA) is 114 Å². The van der Waals surface area contributed by atoms with Gasteiger partial charge in [-0.15, -0.1) is 10.2 Å². The SMILES string of the molecule is O=C=NCC1CCCC(CNC(=O)Nc2ccc(-n3cnnc3)nc2)C1. The van der Waals surface area contributed by atoms with E-state index in [9.17, 15) is 9.59 Å². The van der Waals surface area contributed by atoms with E-state index in [4.69, 9.17) is 0 Å². The number of carbonyl (C=O) groups excluding carboxylic acids is 2. The summed E-state index contributed by atoms with van der Waals surface area (Å²) in [5.41, 5.74) is 0.612. The summed E-state index contributed by atoms with van der Waals surface area (Å²) in [5.74, 6) is 1.50. The highest BCUT2D eigenvalue weighted by molar-refractivity contribution is 5.89. The van der Waals surface area contributed by atoms with Gasteiger partial charge < -0.3 is 10.6 Å². The molecule has 2 aromatic rings. The Bertz CT molecular complexity index is 754. The Hall–Kier alpha value is -3.06. The molecule has 2 N–H and O–H groups in total. The standard InChI is InChI=1S/C17H21N7O2/c25-12-18-7-13-2-1-3-14(6-13)8-20-17(26)23-15-4-5-16(19-9-15)24-10-21-22-11-24/h4-5,9-11,13-14H,1-3,6-8H2,(H2,20,23,26). The van der Waals surface area contributed by atoms with Gasteiger partial charge in [0, 0.05) is 6.54 Å². The highest BCUT2D eigenvalue weighted by Crippen LogP contribution is 2.28. The second-order valence-electron chi connectivity index (χ2n) is 6.44. The molecule has 0 bridgehead atoms. The Balaban J connectivity index is 1.44. The number of rotatable bonds is 6. The quantitative estimate of drug-likeness (QED) is 0.607. The summed E-state index contributed by atoms with van der Waals surface area (Å²) < 4.78 is 1.68. The van der Waals surface area contributed by atoms with E-state index < -0.39 is 0 Å². The molecule has 3 rings (SSSR count). The Labute approximate surface area is 150 Å². The minimum atomic E-state index is -0.253. The van der Waals surface area contributed by atoms with Crippen molar-refractivity contribution in [3.63, 3.8) is 0 Å². The van der Waals surface area contributed by atoms with Gasteiger partial charge in [0.25, 0.3) is 0 Å². The maximum absolute atomic E-state index is 12.1. The molecule has 0 aliphatic heterocycles. The van der Waals surface area contributed by atoms with E-state index in [-0.39, 0.29) is 6.03 Å². The van der Waals surface area contributed by atoms with Gasteiger partial charge in [0.2, 0.25) is 6.08 Å².